The average molecular weight is 420 g/mol. The van der Waals surface area contributed by atoms with Crippen LogP contribution in [-0.2, 0) is 20.9 Å². The summed E-state index contributed by atoms with van der Waals surface area (Å²) in [5.41, 5.74) is 1.60. The zero-order chi connectivity index (χ0) is 20.6. The first kappa shape index (κ1) is 21.2. The van der Waals surface area contributed by atoms with E-state index < -0.39 is 11.8 Å². The molecule has 0 bridgehead atoms. The number of benzene rings is 2. The lowest BCUT2D eigenvalue weighted by atomic mass is 10.0. The Bertz CT molecular complexity index is 841. The van der Waals surface area contributed by atoms with Gasteiger partial charge in [-0.05, 0) is 29.3 Å². The van der Waals surface area contributed by atoms with Gasteiger partial charge in [0.25, 0.3) is 0 Å². The minimum absolute atomic E-state index is 0.163. The van der Waals surface area contributed by atoms with E-state index in [0.717, 1.165) is 11.1 Å². The summed E-state index contributed by atoms with van der Waals surface area (Å²) in [6, 6.07) is 13.1. The number of carbonyl (C=O) groups excluding carboxylic acids is 2. The van der Waals surface area contributed by atoms with Crippen molar-refractivity contribution in [3.8, 4) is 0 Å². The number of ether oxygens (including phenoxy) is 1. The molecule has 1 heterocycles. The minimum Gasteiger partial charge on any atom is -0.379 e. The number of morpholine rings is 1. The zero-order valence-electron chi connectivity index (χ0n) is 15.9. The van der Waals surface area contributed by atoms with Gasteiger partial charge in [0.15, 0.2) is 0 Å². The highest BCUT2D eigenvalue weighted by Gasteiger charge is 2.24. The Hall–Kier alpha value is -2.48. The Balaban J connectivity index is 1.59. The van der Waals surface area contributed by atoms with Crippen molar-refractivity contribution < 1.29 is 18.7 Å². The summed E-state index contributed by atoms with van der Waals surface area (Å²) in [5, 5.41) is 5.78. The molecule has 2 N–H and O–H groups in total. The maximum absolute atomic E-state index is 13.3. The van der Waals surface area contributed by atoms with Gasteiger partial charge in [0.1, 0.15) is 5.82 Å². The van der Waals surface area contributed by atoms with Crippen LogP contribution in [0.25, 0.3) is 0 Å². The van der Waals surface area contributed by atoms with Crippen LogP contribution in [0.5, 0.6) is 0 Å². The van der Waals surface area contributed by atoms with Crippen LogP contribution in [0.15, 0.2) is 48.5 Å². The fraction of sp³-hybridized carbons (Fsp3) is 0.333. The molecule has 29 heavy (non-hydrogen) atoms. The van der Waals surface area contributed by atoms with Crippen molar-refractivity contribution >= 4 is 23.4 Å². The van der Waals surface area contributed by atoms with Crippen LogP contribution < -0.4 is 10.6 Å². The maximum Gasteiger partial charge on any atom is 0.309 e. The van der Waals surface area contributed by atoms with E-state index >= 15 is 0 Å². The molecule has 2 amide bonds. The maximum atomic E-state index is 13.3. The van der Waals surface area contributed by atoms with Gasteiger partial charge in [-0.25, -0.2) is 4.39 Å². The molecule has 0 aliphatic carbocycles. The van der Waals surface area contributed by atoms with Crippen LogP contribution in [0, 0.1) is 5.82 Å². The van der Waals surface area contributed by atoms with E-state index in [9.17, 15) is 14.0 Å². The molecule has 1 fully saturated rings. The molecule has 154 valence electrons. The third-order valence-electron chi connectivity index (χ3n) is 4.80. The first-order valence-corrected chi connectivity index (χ1v) is 9.79. The number of hydrogen-bond acceptors (Lipinski definition) is 4. The quantitative estimate of drug-likeness (QED) is 0.705. The van der Waals surface area contributed by atoms with Gasteiger partial charge in [-0.3, -0.25) is 14.5 Å². The predicted molar refractivity (Wildman–Crippen MR) is 108 cm³/mol. The molecule has 1 aliphatic rings. The van der Waals surface area contributed by atoms with E-state index in [-0.39, 0.29) is 24.9 Å². The highest BCUT2D eigenvalue weighted by atomic mass is 35.5. The van der Waals surface area contributed by atoms with Crippen molar-refractivity contribution in [1.29, 1.82) is 0 Å². The summed E-state index contributed by atoms with van der Waals surface area (Å²) < 4.78 is 18.7. The number of nitrogens with one attached hydrogen (secondary N) is 2. The van der Waals surface area contributed by atoms with Crippen LogP contribution in [0.1, 0.15) is 17.2 Å². The smallest absolute Gasteiger partial charge is 0.309 e. The molecule has 3 rings (SSSR count). The third-order valence-corrected chi connectivity index (χ3v) is 5.17. The van der Waals surface area contributed by atoms with Gasteiger partial charge in [-0.1, -0.05) is 41.9 Å². The largest absolute Gasteiger partial charge is 0.379 e. The molecule has 1 atom stereocenters. The predicted octanol–water partition coefficient (Wildman–Crippen LogP) is 2.29. The number of nitrogens with zero attached hydrogens (tertiary/aromatic N) is 1. The molecule has 0 radical (unpaired) electrons. The van der Waals surface area contributed by atoms with E-state index in [1.165, 1.54) is 12.1 Å². The Labute approximate surface area is 174 Å². The van der Waals surface area contributed by atoms with Gasteiger partial charge < -0.3 is 15.4 Å². The Morgan fingerprint density at radius 1 is 1.03 bits per heavy atom. The van der Waals surface area contributed by atoms with Crippen LogP contribution in [0.4, 0.5) is 4.39 Å². The molecule has 0 aromatic heterocycles. The van der Waals surface area contributed by atoms with Crippen molar-refractivity contribution in [3.63, 3.8) is 0 Å². The Morgan fingerprint density at radius 3 is 2.38 bits per heavy atom. The standard InChI is InChI=1S/C21H23ClFN3O3/c22-18-4-2-1-3-16(18)13-24-20(27)21(28)25-14-19(26-9-11-29-12-10-26)15-5-7-17(23)8-6-15/h1-8,19H,9-14H2,(H,24,27)(H,25,28)/t19-/m0/s1. The van der Waals surface area contributed by atoms with Crippen molar-refractivity contribution in [2.45, 2.75) is 12.6 Å². The average Bonchev–Trinajstić information content (AvgIpc) is 2.75. The second-order valence-corrected chi connectivity index (χ2v) is 7.11. The van der Waals surface area contributed by atoms with E-state index in [2.05, 4.69) is 15.5 Å². The summed E-state index contributed by atoms with van der Waals surface area (Å²) in [6.07, 6.45) is 0. The Kier molecular flexibility index (Phi) is 7.57. The van der Waals surface area contributed by atoms with Gasteiger partial charge in [0.2, 0.25) is 0 Å². The number of amides is 2. The summed E-state index contributed by atoms with van der Waals surface area (Å²) in [5.74, 6) is -1.78. The van der Waals surface area contributed by atoms with E-state index in [0.29, 0.717) is 31.3 Å². The van der Waals surface area contributed by atoms with E-state index in [4.69, 9.17) is 16.3 Å². The minimum atomic E-state index is -0.732. The van der Waals surface area contributed by atoms with Crippen LogP contribution in [-0.4, -0.2) is 49.6 Å². The molecular weight excluding hydrogens is 397 g/mol. The lowest BCUT2D eigenvalue weighted by molar-refractivity contribution is -0.139. The fourth-order valence-corrected chi connectivity index (χ4v) is 3.40. The number of carbonyl (C=O) groups is 2. The monoisotopic (exact) mass is 419 g/mol. The van der Waals surface area contributed by atoms with E-state index in [1.54, 1.807) is 30.3 Å². The first-order valence-electron chi connectivity index (χ1n) is 9.41. The molecule has 8 heteroatoms. The molecule has 2 aromatic rings. The molecular formula is C21H23ClFN3O3. The van der Waals surface area contributed by atoms with Crippen molar-refractivity contribution in [1.82, 2.24) is 15.5 Å². The molecule has 0 unspecified atom stereocenters. The second kappa shape index (κ2) is 10.3. The lowest BCUT2D eigenvalue weighted by Gasteiger charge is -2.34. The Morgan fingerprint density at radius 2 is 1.69 bits per heavy atom. The highest BCUT2D eigenvalue weighted by Crippen LogP contribution is 2.21. The summed E-state index contributed by atoms with van der Waals surface area (Å²) in [6.45, 7) is 2.95. The molecule has 1 saturated heterocycles. The number of halogens is 2. The molecule has 0 spiro atoms. The van der Waals surface area contributed by atoms with Gasteiger partial charge in [0.05, 0.1) is 19.3 Å². The highest BCUT2D eigenvalue weighted by molar-refractivity contribution is 6.35. The first-order chi connectivity index (χ1) is 14.0. The number of hydrogen-bond donors (Lipinski definition) is 2. The molecule has 6 nitrogen and oxygen atoms in total. The number of rotatable bonds is 6. The van der Waals surface area contributed by atoms with Gasteiger partial charge in [-0.2, -0.15) is 0 Å². The second-order valence-electron chi connectivity index (χ2n) is 6.70. The molecule has 2 aromatic carbocycles. The van der Waals surface area contributed by atoms with Crippen molar-refractivity contribution in [2.75, 3.05) is 32.8 Å². The van der Waals surface area contributed by atoms with Gasteiger partial charge in [0, 0.05) is 31.2 Å². The van der Waals surface area contributed by atoms with Crippen molar-refractivity contribution in [3.05, 3.63) is 70.5 Å². The van der Waals surface area contributed by atoms with Gasteiger partial charge >= 0.3 is 11.8 Å². The lowest BCUT2D eigenvalue weighted by Crippen LogP contribution is -2.46. The summed E-state index contributed by atoms with van der Waals surface area (Å²) in [4.78, 5) is 26.6. The van der Waals surface area contributed by atoms with Crippen LogP contribution in [0.2, 0.25) is 5.02 Å². The summed E-state index contributed by atoms with van der Waals surface area (Å²) >= 11 is 6.06. The van der Waals surface area contributed by atoms with Crippen molar-refractivity contribution in [2.24, 2.45) is 0 Å². The third kappa shape index (κ3) is 6.00. The fourth-order valence-electron chi connectivity index (χ4n) is 3.20. The molecule has 1 aliphatic heterocycles. The molecule has 0 saturated carbocycles. The normalized spacial score (nSPS) is 15.5. The summed E-state index contributed by atoms with van der Waals surface area (Å²) in [7, 11) is 0. The van der Waals surface area contributed by atoms with E-state index in [1.807, 2.05) is 6.07 Å². The van der Waals surface area contributed by atoms with Gasteiger partial charge in [-0.15, -0.1) is 0 Å². The topological polar surface area (TPSA) is 70.7 Å². The van der Waals surface area contributed by atoms with Crippen LogP contribution in [0.3, 0.4) is 0 Å². The zero-order valence-corrected chi connectivity index (χ0v) is 16.6. The van der Waals surface area contributed by atoms with Crippen LogP contribution >= 0.6 is 11.6 Å². The SMILES string of the molecule is O=C(NCc1ccccc1Cl)C(=O)NC[C@@H](c1ccc(F)cc1)N1CCOCC1.